The van der Waals surface area contributed by atoms with Crippen LogP contribution in [0.5, 0.6) is 23.0 Å². The van der Waals surface area contributed by atoms with Crippen molar-refractivity contribution < 1.29 is 32.9 Å². The highest BCUT2D eigenvalue weighted by atomic mass is 16.7. The van der Waals surface area contributed by atoms with Crippen molar-refractivity contribution in [2.45, 2.75) is 12.0 Å². The van der Waals surface area contributed by atoms with Crippen LogP contribution in [0.2, 0.25) is 0 Å². The first-order valence-electron chi connectivity index (χ1n) is 8.90. The largest absolute Gasteiger partial charge is 0.493 e. The van der Waals surface area contributed by atoms with E-state index in [-0.39, 0.29) is 12.4 Å². The van der Waals surface area contributed by atoms with Gasteiger partial charge in [-0.25, -0.2) is 9.59 Å². The zero-order valence-electron chi connectivity index (χ0n) is 15.6. The second kappa shape index (κ2) is 6.44. The third-order valence-corrected chi connectivity index (χ3v) is 5.13. The number of carbonyl (C=O) groups is 1. The van der Waals surface area contributed by atoms with Crippen molar-refractivity contribution in [3.8, 4) is 23.0 Å². The lowest BCUT2D eigenvalue weighted by atomic mass is 9.88. The molecule has 29 heavy (non-hydrogen) atoms. The zero-order valence-corrected chi connectivity index (χ0v) is 15.6. The van der Waals surface area contributed by atoms with Crippen LogP contribution in [0, 0.1) is 0 Å². The van der Waals surface area contributed by atoms with Gasteiger partial charge in [0.15, 0.2) is 11.5 Å². The van der Waals surface area contributed by atoms with Crippen LogP contribution in [0.1, 0.15) is 17.0 Å². The molecule has 3 heterocycles. The van der Waals surface area contributed by atoms with E-state index in [2.05, 4.69) is 0 Å². The second-order valence-corrected chi connectivity index (χ2v) is 6.62. The van der Waals surface area contributed by atoms with Crippen LogP contribution >= 0.6 is 0 Å². The van der Waals surface area contributed by atoms with Gasteiger partial charge in [0, 0.05) is 0 Å². The minimum Gasteiger partial charge on any atom is -0.493 e. The zero-order chi connectivity index (χ0) is 20.1. The Labute approximate surface area is 164 Å². The minimum atomic E-state index is -1.06. The summed E-state index contributed by atoms with van der Waals surface area (Å²) in [6.45, 7) is 0.0557. The molecule has 2 atom stereocenters. The summed E-state index contributed by atoms with van der Waals surface area (Å²) in [5, 5.41) is 0.603. The molecule has 1 aromatic heterocycles. The van der Waals surface area contributed by atoms with E-state index in [1.165, 1.54) is 14.2 Å². The molecular formula is C21H16O8. The molecule has 2 aliphatic rings. The molecule has 0 saturated heterocycles. The van der Waals surface area contributed by atoms with Crippen molar-refractivity contribution in [2.24, 2.45) is 0 Å². The molecule has 5 rings (SSSR count). The third kappa shape index (κ3) is 2.52. The molecule has 0 saturated carbocycles. The van der Waals surface area contributed by atoms with Crippen LogP contribution in [-0.2, 0) is 9.53 Å². The van der Waals surface area contributed by atoms with E-state index in [1.54, 1.807) is 36.4 Å². The Balaban J connectivity index is 1.77. The van der Waals surface area contributed by atoms with Crippen LogP contribution in [0.3, 0.4) is 0 Å². The van der Waals surface area contributed by atoms with Gasteiger partial charge in [-0.3, -0.25) is 0 Å². The number of ether oxygens (including phenoxy) is 5. The number of methoxy groups -OCH3 is 2. The number of benzene rings is 2. The van der Waals surface area contributed by atoms with Gasteiger partial charge in [0.1, 0.15) is 11.3 Å². The van der Waals surface area contributed by atoms with Crippen molar-refractivity contribution in [3.63, 3.8) is 0 Å². The molecule has 0 radical (unpaired) electrons. The molecule has 0 unspecified atom stereocenters. The highest BCUT2D eigenvalue weighted by Gasteiger charge is 2.45. The number of fused-ring (bicyclic) bond motifs is 4. The fraction of sp³-hybridized carbons (Fsp3) is 0.238. The Morgan fingerprint density at radius 2 is 1.93 bits per heavy atom. The maximum atomic E-state index is 12.9. The molecule has 0 fully saturated rings. The molecule has 2 aromatic carbocycles. The predicted octanol–water partition coefficient (Wildman–Crippen LogP) is 2.60. The van der Waals surface area contributed by atoms with Crippen LogP contribution in [0.25, 0.3) is 11.0 Å². The molecule has 0 bridgehead atoms. The number of para-hydroxylation sites is 1. The van der Waals surface area contributed by atoms with Gasteiger partial charge >= 0.3 is 11.6 Å². The SMILES string of the molecule is COC(=O)[C@H]1Oc2c(c(=O)oc3ccccc23)[C@@H]1c1cc(OC)c2c(c1)OCO2. The maximum Gasteiger partial charge on any atom is 0.348 e. The number of esters is 1. The minimum absolute atomic E-state index is 0.0557. The van der Waals surface area contributed by atoms with Gasteiger partial charge in [-0.05, 0) is 29.8 Å². The van der Waals surface area contributed by atoms with Crippen molar-refractivity contribution in [1.29, 1.82) is 0 Å². The maximum absolute atomic E-state index is 12.9. The van der Waals surface area contributed by atoms with Crippen LogP contribution in [0.4, 0.5) is 0 Å². The average molecular weight is 396 g/mol. The summed E-state index contributed by atoms with van der Waals surface area (Å²) >= 11 is 0. The summed E-state index contributed by atoms with van der Waals surface area (Å²) < 4.78 is 32.7. The number of rotatable bonds is 3. The van der Waals surface area contributed by atoms with Gasteiger partial charge in [-0.2, -0.15) is 0 Å². The van der Waals surface area contributed by atoms with E-state index in [9.17, 15) is 9.59 Å². The Hall–Kier alpha value is -3.68. The first-order chi connectivity index (χ1) is 14.1. The van der Waals surface area contributed by atoms with Crippen molar-refractivity contribution in [1.82, 2.24) is 0 Å². The molecule has 0 N–H and O–H groups in total. The summed E-state index contributed by atoms with van der Waals surface area (Å²) in [5.41, 5.74) is 0.637. The molecular weight excluding hydrogens is 380 g/mol. The summed E-state index contributed by atoms with van der Waals surface area (Å²) in [5.74, 6) is 0.302. The highest BCUT2D eigenvalue weighted by molar-refractivity contribution is 5.88. The summed E-state index contributed by atoms with van der Waals surface area (Å²) in [6.07, 6.45) is -1.06. The predicted molar refractivity (Wildman–Crippen MR) is 99.9 cm³/mol. The van der Waals surface area contributed by atoms with E-state index in [1.807, 2.05) is 0 Å². The average Bonchev–Trinajstić information content (AvgIpc) is 3.37. The Morgan fingerprint density at radius 1 is 1.10 bits per heavy atom. The smallest absolute Gasteiger partial charge is 0.348 e. The molecule has 148 valence electrons. The molecule has 0 amide bonds. The van der Waals surface area contributed by atoms with Crippen LogP contribution < -0.4 is 24.6 Å². The van der Waals surface area contributed by atoms with Gasteiger partial charge in [0.25, 0.3) is 0 Å². The lowest BCUT2D eigenvalue weighted by Gasteiger charge is -2.18. The normalized spacial score (nSPS) is 19.0. The first-order valence-corrected chi connectivity index (χ1v) is 8.90. The van der Waals surface area contributed by atoms with E-state index < -0.39 is 23.6 Å². The summed E-state index contributed by atoms with van der Waals surface area (Å²) in [6, 6.07) is 10.4. The molecule has 8 nitrogen and oxygen atoms in total. The van der Waals surface area contributed by atoms with E-state index in [0.717, 1.165) is 0 Å². The Morgan fingerprint density at radius 3 is 2.72 bits per heavy atom. The quantitative estimate of drug-likeness (QED) is 0.493. The summed E-state index contributed by atoms with van der Waals surface area (Å²) in [4.78, 5) is 25.4. The monoisotopic (exact) mass is 396 g/mol. The highest BCUT2D eigenvalue weighted by Crippen LogP contribution is 2.49. The van der Waals surface area contributed by atoms with E-state index in [0.29, 0.717) is 39.5 Å². The molecule has 2 aliphatic heterocycles. The standard InChI is InChI=1S/C21H16O8/c1-24-13-7-10(8-14-18(13)27-9-26-14)15-16-17(29-19(15)21(23)25-2)11-5-3-4-6-12(11)28-20(16)22/h3-8,15,19H,9H2,1-2H3/t15-,19-/m0/s1. The van der Waals surface area contributed by atoms with Gasteiger partial charge in [0.05, 0.1) is 31.1 Å². The van der Waals surface area contributed by atoms with Crippen LogP contribution in [-0.4, -0.2) is 33.1 Å². The third-order valence-electron chi connectivity index (χ3n) is 5.13. The van der Waals surface area contributed by atoms with Crippen molar-refractivity contribution >= 4 is 16.9 Å². The van der Waals surface area contributed by atoms with Crippen molar-refractivity contribution in [2.75, 3.05) is 21.0 Å². The lowest BCUT2D eigenvalue weighted by molar-refractivity contribution is -0.148. The topological polar surface area (TPSA) is 93.4 Å². The van der Waals surface area contributed by atoms with Gasteiger partial charge in [-0.15, -0.1) is 0 Å². The van der Waals surface area contributed by atoms with E-state index >= 15 is 0 Å². The Kier molecular flexibility index (Phi) is 3.87. The molecule has 8 heteroatoms. The Bertz CT molecular complexity index is 1200. The number of hydrogen-bond donors (Lipinski definition) is 0. The molecule has 0 spiro atoms. The fourth-order valence-electron chi connectivity index (χ4n) is 3.85. The molecule has 0 aliphatic carbocycles. The van der Waals surface area contributed by atoms with Crippen LogP contribution in [0.15, 0.2) is 45.6 Å². The lowest BCUT2D eigenvalue weighted by Crippen LogP contribution is -2.31. The number of carbonyl (C=O) groups excluding carboxylic acids is 1. The van der Waals surface area contributed by atoms with Crippen molar-refractivity contribution in [3.05, 3.63) is 57.9 Å². The number of hydrogen-bond acceptors (Lipinski definition) is 8. The van der Waals surface area contributed by atoms with Gasteiger partial charge in [-0.1, -0.05) is 12.1 Å². The van der Waals surface area contributed by atoms with E-state index in [4.69, 9.17) is 28.1 Å². The second-order valence-electron chi connectivity index (χ2n) is 6.62. The molecule has 3 aromatic rings. The van der Waals surface area contributed by atoms with Gasteiger partial charge < -0.3 is 28.1 Å². The summed E-state index contributed by atoms with van der Waals surface area (Å²) in [7, 11) is 2.77. The fourth-order valence-corrected chi connectivity index (χ4v) is 3.85. The van der Waals surface area contributed by atoms with Gasteiger partial charge in [0.2, 0.25) is 18.6 Å². The first kappa shape index (κ1) is 17.4.